The molecule has 4 heterocycles. The van der Waals surface area contributed by atoms with E-state index in [0.717, 1.165) is 42.4 Å². The molecular formula is C19H19FN4O2S. The normalized spacial score (nSPS) is 21.1. The molecule has 2 aliphatic heterocycles. The van der Waals surface area contributed by atoms with Crippen LogP contribution in [0.5, 0.6) is 11.8 Å². The van der Waals surface area contributed by atoms with Gasteiger partial charge in [0.2, 0.25) is 0 Å². The number of aromatic nitrogens is 3. The second kappa shape index (κ2) is 6.03. The van der Waals surface area contributed by atoms with Crippen LogP contribution >= 0.6 is 11.3 Å². The molecule has 0 bridgehead atoms. The minimum Gasteiger partial charge on any atom is -0.496 e. The summed E-state index contributed by atoms with van der Waals surface area (Å²) in [5, 5.41) is 0.875. The summed E-state index contributed by atoms with van der Waals surface area (Å²) in [6.07, 6.45) is 3.71. The first-order valence-electron chi connectivity index (χ1n) is 8.78. The highest BCUT2D eigenvalue weighted by molar-refractivity contribution is 7.15. The van der Waals surface area contributed by atoms with Crippen molar-refractivity contribution in [2.45, 2.75) is 32.2 Å². The molecule has 0 saturated carbocycles. The molecule has 0 aliphatic carbocycles. The average Bonchev–Trinajstić information content (AvgIpc) is 3.34. The molecule has 0 unspecified atom stereocenters. The fourth-order valence-electron chi connectivity index (χ4n) is 3.86. The van der Waals surface area contributed by atoms with Gasteiger partial charge in [0, 0.05) is 43.0 Å². The minimum atomic E-state index is -0.310. The predicted molar refractivity (Wildman–Crippen MR) is 99.4 cm³/mol. The first-order valence-corrected chi connectivity index (χ1v) is 9.60. The molecule has 0 N–H and O–H groups in total. The number of methoxy groups -OCH3 is 1. The molecule has 1 atom stereocenters. The van der Waals surface area contributed by atoms with E-state index in [2.05, 4.69) is 16.8 Å². The van der Waals surface area contributed by atoms with Gasteiger partial charge in [-0.1, -0.05) is 0 Å². The molecule has 0 spiro atoms. The maximum Gasteiger partial charge on any atom is 0.297 e. The lowest BCUT2D eigenvalue weighted by Crippen LogP contribution is -2.43. The number of halogens is 1. The molecule has 27 heavy (non-hydrogen) atoms. The van der Waals surface area contributed by atoms with Crippen molar-refractivity contribution in [1.29, 1.82) is 0 Å². The third-order valence-electron chi connectivity index (χ3n) is 4.99. The lowest BCUT2D eigenvalue weighted by atomic mass is 10.1. The predicted octanol–water partition coefficient (Wildman–Crippen LogP) is 3.32. The Morgan fingerprint density at radius 1 is 1.37 bits per heavy atom. The van der Waals surface area contributed by atoms with E-state index < -0.39 is 0 Å². The lowest BCUT2D eigenvalue weighted by Gasteiger charge is -2.28. The third kappa shape index (κ3) is 2.89. The smallest absolute Gasteiger partial charge is 0.297 e. The Morgan fingerprint density at radius 3 is 3.04 bits per heavy atom. The number of benzene rings is 1. The van der Waals surface area contributed by atoms with Gasteiger partial charge in [0.25, 0.3) is 6.01 Å². The van der Waals surface area contributed by atoms with E-state index >= 15 is 0 Å². The first-order chi connectivity index (χ1) is 13.0. The molecule has 0 fully saturated rings. The van der Waals surface area contributed by atoms with E-state index in [1.807, 2.05) is 10.8 Å². The number of thiazole rings is 1. The number of rotatable bonds is 4. The van der Waals surface area contributed by atoms with Crippen LogP contribution in [0.2, 0.25) is 0 Å². The van der Waals surface area contributed by atoms with Gasteiger partial charge in [-0.3, -0.25) is 9.47 Å². The van der Waals surface area contributed by atoms with Gasteiger partial charge in [0.05, 0.1) is 24.9 Å². The van der Waals surface area contributed by atoms with Gasteiger partial charge >= 0.3 is 0 Å². The number of nitrogens with zero attached hydrogens (tertiary/aromatic N) is 4. The quantitative estimate of drug-likeness (QED) is 0.689. The molecule has 0 amide bonds. The molecule has 0 saturated heterocycles. The highest BCUT2D eigenvalue weighted by Crippen LogP contribution is 2.39. The van der Waals surface area contributed by atoms with Crippen molar-refractivity contribution in [2.75, 3.05) is 13.7 Å². The van der Waals surface area contributed by atoms with Crippen molar-refractivity contribution in [3.63, 3.8) is 0 Å². The van der Waals surface area contributed by atoms with Gasteiger partial charge in [0.1, 0.15) is 22.2 Å². The fourth-order valence-corrected chi connectivity index (χ4v) is 5.00. The third-order valence-corrected chi connectivity index (χ3v) is 6.11. The summed E-state index contributed by atoms with van der Waals surface area (Å²) in [5.41, 5.74) is 1.64. The fraction of sp³-hybridized carbons (Fsp3) is 0.368. The number of hydrogen-bond donors (Lipinski definition) is 0. The number of ether oxygens (including phenoxy) is 2. The van der Waals surface area contributed by atoms with E-state index in [9.17, 15) is 4.39 Å². The number of fused-ring (bicyclic) bond motifs is 2. The Bertz CT molecular complexity index is 971. The minimum absolute atomic E-state index is 0.277. The molecule has 3 aromatic rings. The Morgan fingerprint density at radius 2 is 2.26 bits per heavy atom. The Balaban J connectivity index is 1.31. The highest BCUT2D eigenvalue weighted by Gasteiger charge is 2.39. The van der Waals surface area contributed by atoms with Gasteiger partial charge in [0.15, 0.2) is 0 Å². The van der Waals surface area contributed by atoms with Gasteiger partial charge in [-0.2, -0.15) is 0 Å². The second-order valence-electron chi connectivity index (χ2n) is 7.27. The molecule has 1 aromatic carbocycles. The SMILES string of the molecule is COc1cc(F)ccc1-c1nc2c(s1)CN(C[C@@]1(C)Cn3ccnc3O1)C2. The van der Waals surface area contributed by atoms with Crippen LogP contribution in [-0.2, 0) is 19.6 Å². The monoisotopic (exact) mass is 386 g/mol. The summed E-state index contributed by atoms with van der Waals surface area (Å²) < 4.78 is 26.9. The molecule has 2 aliphatic rings. The van der Waals surface area contributed by atoms with Gasteiger partial charge in [-0.05, 0) is 19.1 Å². The molecule has 2 aromatic heterocycles. The van der Waals surface area contributed by atoms with Crippen molar-refractivity contribution in [2.24, 2.45) is 0 Å². The van der Waals surface area contributed by atoms with Crippen LogP contribution in [0.3, 0.4) is 0 Å². The van der Waals surface area contributed by atoms with Crippen LogP contribution < -0.4 is 9.47 Å². The summed E-state index contributed by atoms with van der Waals surface area (Å²) in [6.45, 7) is 5.37. The maximum absolute atomic E-state index is 13.4. The summed E-state index contributed by atoms with van der Waals surface area (Å²) in [6, 6.07) is 5.26. The molecule has 8 heteroatoms. The zero-order chi connectivity index (χ0) is 18.6. The maximum atomic E-state index is 13.4. The average molecular weight is 386 g/mol. The largest absolute Gasteiger partial charge is 0.496 e. The molecular weight excluding hydrogens is 367 g/mol. The molecule has 0 radical (unpaired) electrons. The van der Waals surface area contributed by atoms with Crippen LogP contribution in [0.15, 0.2) is 30.6 Å². The van der Waals surface area contributed by atoms with Crippen LogP contribution in [0, 0.1) is 5.82 Å². The Hall–Kier alpha value is -2.45. The van der Waals surface area contributed by atoms with Gasteiger partial charge in [-0.15, -0.1) is 11.3 Å². The second-order valence-corrected chi connectivity index (χ2v) is 8.35. The van der Waals surface area contributed by atoms with E-state index in [4.69, 9.17) is 14.5 Å². The van der Waals surface area contributed by atoms with E-state index in [1.54, 1.807) is 30.7 Å². The first kappa shape index (κ1) is 16.7. The zero-order valence-electron chi connectivity index (χ0n) is 15.1. The Labute approximate surface area is 160 Å². The van der Waals surface area contributed by atoms with Crippen molar-refractivity contribution >= 4 is 11.3 Å². The molecule has 5 rings (SSSR count). The van der Waals surface area contributed by atoms with Crippen LogP contribution in [-0.4, -0.2) is 38.7 Å². The van der Waals surface area contributed by atoms with Crippen molar-refractivity contribution in [3.05, 3.63) is 47.0 Å². The highest BCUT2D eigenvalue weighted by atomic mass is 32.1. The van der Waals surface area contributed by atoms with Crippen LogP contribution in [0.1, 0.15) is 17.5 Å². The Kier molecular flexibility index (Phi) is 3.73. The molecule has 6 nitrogen and oxygen atoms in total. The van der Waals surface area contributed by atoms with Gasteiger partial charge < -0.3 is 9.47 Å². The summed E-state index contributed by atoms with van der Waals surface area (Å²) in [7, 11) is 1.55. The van der Waals surface area contributed by atoms with Gasteiger partial charge in [-0.25, -0.2) is 14.4 Å². The van der Waals surface area contributed by atoms with Crippen molar-refractivity contribution < 1.29 is 13.9 Å². The standard InChI is InChI=1S/C19H19FN4O2S/c1-19(11-24-6-5-21-18(24)26-19)10-23-8-14-16(9-23)27-17(22-14)13-4-3-12(20)7-15(13)25-2/h3-7H,8-11H2,1-2H3/t19-/m0/s1. The summed E-state index contributed by atoms with van der Waals surface area (Å²) in [4.78, 5) is 12.6. The zero-order valence-corrected chi connectivity index (χ0v) is 15.9. The van der Waals surface area contributed by atoms with Crippen LogP contribution in [0.25, 0.3) is 10.6 Å². The summed E-state index contributed by atoms with van der Waals surface area (Å²) in [5.74, 6) is 0.205. The van der Waals surface area contributed by atoms with E-state index in [0.29, 0.717) is 11.8 Å². The topological polar surface area (TPSA) is 52.4 Å². The van der Waals surface area contributed by atoms with E-state index in [1.165, 1.54) is 17.0 Å². The molecule has 140 valence electrons. The van der Waals surface area contributed by atoms with Crippen molar-refractivity contribution in [3.8, 4) is 22.3 Å². The number of hydrogen-bond acceptors (Lipinski definition) is 6. The van der Waals surface area contributed by atoms with E-state index in [-0.39, 0.29) is 11.4 Å². The summed E-state index contributed by atoms with van der Waals surface area (Å²) >= 11 is 1.65. The lowest BCUT2D eigenvalue weighted by molar-refractivity contribution is 0.0567. The van der Waals surface area contributed by atoms with Crippen molar-refractivity contribution in [1.82, 2.24) is 19.4 Å². The number of imidazole rings is 1. The van der Waals surface area contributed by atoms with Crippen LogP contribution in [0.4, 0.5) is 4.39 Å².